The Labute approximate surface area is 101 Å². The van der Waals surface area contributed by atoms with Crippen molar-refractivity contribution in [2.45, 2.75) is 19.4 Å². The molecule has 17 heavy (non-hydrogen) atoms. The van der Waals surface area contributed by atoms with Gasteiger partial charge in [-0.1, -0.05) is 36.4 Å². The lowest BCUT2D eigenvalue weighted by Gasteiger charge is -2.05. The zero-order chi connectivity index (χ0) is 11.2. The standard InChI is InChI=1S/C16H15N/c1-3-7-15-13(5-1)14-6-2-4-8-16(14)17(15)11-12-9-10-12/h1-8,12H,9-11H2. The van der Waals surface area contributed by atoms with Crippen molar-refractivity contribution in [1.29, 1.82) is 0 Å². The van der Waals surface area contributed by atoms with Gasteiger partial charge in [0.15, 0.2) is 0 Å². The highest BCUT2D eigenvalue weighted by Gasteiger charge is 2.23. The predicted octanol–water partition coefficient (Wildman–Crippen LogP) is 4.20. The molecule has 0 amide bonds. The van der Waals surface area contributed by atoms with Gasteiger partial charge in [-0.2, -0.15) is 0 Å². The second kappa shape index (κ2) is 3.36. The van der Waals surface area contributed by atoms with Crippen LogP contribution in [0.4, 0.5) is 0 Å². The minimum absolute atomic E-state index is 0.911. The molecule has 1 aliphatic carbocycles. The summed E-state index contributed by atoms with van der Waals surface area (Å²) in [5.41, 5.74) is 2.78. The Kier molecular flexibility index (Phi) is 1.84. The molecule has 0 spiro atoms. The lowest BCUT2D eigenvalue weighted by Crippen LogP contribution is -1.98. The second-order valence-electron chi connectivity index (χ2n) is 5.09. The van der Waals surface area contributed by atoms with Crippen LogP contribution in [0.25, 0.3) is 21.8 Å². The van der Waals surface area contributed by atoms with Crippen molar-refractivity contribution in [1.82, 2.24) is 4.57 Å². The average molecular weight is 221 g/mol. The van der Waals surface area contributed by atoms with Crippen molar-refractivity contribution in [3.8, 4) is 0 Å². The van der Waals surface area contributed by atoms with Crippen molar-refractivity contribution in [3.63, 3.8) is 0 Å². The van der Waals surface area contributed by atoms with Crippen molar-refractivity contribution in [2.75, 3.05) is 0 Å². The van der Waals surface area contributed by atoms with E-state index in [4.69, 9.17) is 0 Å². The molecule has 0 atom stereocenters. The van der Waals surface area contributed by atoms with E-state index in [1.807, 2.05) is 0 Å². The number of aromatic nitrogens is 1. The van der Waals surface area contributed by atoms with E-state index in [0.29, 0.717) is 0 Å². The van der Waals surface area contributed by atoms with Gasteiger partial charge < -0.3 is 4.57 Å². The molecule has 2 aromatic carbocycles. The van der Waals surface area contributed by atoms with Gasteiger partial charge in [0.25, 0.3) is 0 Å². The molecule has 1 saturated carbocycles. The first-order valence-corrected chi connectivity index (χ1v) is 6.39. The number of rotatable bonds is 2. The topological polar surface area (TPSA) is 4.93 Å². The number of para-hydroxylation sites is 2. The van der Waals surface area contributed by atoms with Crippen molar-refractivity contribution in [2.24, 2.45) is 5.92 Å². The van der Waals surface area contributed by atoms with Gasteiger partial charge in [-0.05, 0) is 30.9 Å². The van der Waals surface area contributed by atoms with E-state index in [0.717, 1.165) is 5.92 Å². The summed E-state index contributed by atoms with van der Waals surface area (Å²) in [7, 11) is 0. The fourth-order valence-electron chi connectivity index (χ4n) is 2.76. The van der Waals surface area contributed by atoms with Crippen LogP contribution >= 0.6 is 0 Å². The Morgan fingerprint density at radius 1 is 0.824 bits per heavy atom. The Balaban J connectivity index is 2.10. The SMILES string of the molecule is c1ccc2c(c1)c1ccccc1n2CC1CC1. The molecule has 1 heterocycles. The highest BCUT2D eigenvalue weighted by atomic mass is 15.0. The van der Waals surface area contributed by atoms with Gasteiger partial charge >= 0.3 is 0 Å². The Morgan fingerprint density at radius 3 is 1.88 bits per heavy atom. The molecule has 0 unspecified atom stereocenters. The number of hydrogen-bond acceptors (Lipinski definition) is 0. The molecular formula is C16H15N. The highest BCUT2D eigenvalue weighted by molar-refractivity contribution is 6.07. The third-order valence-corrected chi connectivity index (χ3v) is 3.82. The largest absolute Gasteiger partial charge is 0.340 e. The molecule has 1 nitrogen and oxygen atoms in total. The van der Waals surface area contributed by atoms with Gasteiger partial charge in [0.05, 0.1) is 0 Å². The van der Waals surface area contributed by atoms with E-state index in [1.54, 1.807) is 0 Å². The van der Waals surface area contributed by atoms with Crippen LogP contribution in [0.15, 0.2) is 48.5 Å². The smallest absolute Gasteiger partial charge is 0.0491 e. The molecule has 1 heteroatoms. The summed E-state index contributed by atoms with van der Waals surface area (Å²) in [6.07, 6.45) is 2.81. The minimum atomic E-state index is 0.911. The molecule has 3 aromatic rings. The van der Waals surface area contributed by atoms with Gasteiger partial charge in [-0.15, -0.1) is 0 Å². The maximum atomic E-state index is 2.50. The molecule has 4 rings (SSSR count). The zero-order valence-electron chi connectivity index (χ0n) is 9.76. The van der Waals surface area contributed by atoms with Gasteiger partial charge in [-0.25, -0.2) is 0 Å². The summed E-state index contributed by atoms with van der Waals surface area (Å²) >= 11 is 0. The molecule has 1 fully saturated rings. The Bertz CT molecular complexity index is 636. The lowest BCUT2D eigenvalue weighted by molar-refractivity contribution is 0.664. The Hall–Kier alpha value is -1.76. The summed E-state index contributed by atoms with van der Waals surface area (Å²) in [4.78, 5) is 0. The normalized spacial score (nSPS) is 15.8. The molecule has 1 aromatic heterocycles. The van der Waals surface area contributed by atoms with Crippen LogP contribution in [0.5, 0.6) is 0 Å². The molecule has 0 N–H and O–H groups in total. The van der Waals surface area contributed by atoms with Crippen LogP contribution in [-0.2, 0) is 6.54 Å². The molecule has 0 radical (unpaired) electrons. The molecule has 0 aliphatic heterocycles. The predicted molar refractivity (Wildman–Crippen MR) is 72.2 cm³/mol. The van der Waals surface area contributed by atoms with E-state index >= 15 is 0 Å². The molecule has 0 bridgehead atoms. The van der Waals surface area contributed by atoms with Crippen LogP contribution < -0.4 is 0 Å². The van der Waals surface area contributed by atoms with E-state index < -0.39 is 0 Å². The molecule has 84 valence electrons. The maximum Gasteiger partial charge on any atom is 0.0491 e. The number of benzene rings is 2. The number of fused-ring (bicyclic) bond motifs is 3. The second-order valence-corrected chi connectivity index (χ2v) is 5.09. The average Bonchev–Trinajstić information content (AvgIpc) is 3.15. The van der Waals surface area contributed by atoms with E-state index in [1.165, 1.54) is 41.2 Å². The third kappa shape index (κ3) is 1.39. The first-order valence-electron chi connectivity index (χ1n) is 6.39. The van der Waals surface area contributed by atoms with Gasteiger partial charge in [0.1, 0.15) is 0 Å². The number of nitrogens with zero attached hydrogens (tertiary/aromatic N) is 1. The number of hydrogen-bond donors (Lipinski definition) is 0. The van der Waals surface area contributed by atoms with Gasteiger partial charge in [-0.3, -0.25) is 0 Å². The maximum absolute atomic E-state index is 2.50. The van der Waals surface area contributed by atoms with Crippen LogP contribution in [0.3, 0.4) is 0 Å². The van der Waals surface area contributed by atoms with E-state index in [-0.39, 0.29) is 0 Å². The summed E-state index contributed by atoms with van der Waals surface area (Å²) in [5, 5.41) is 2.78. The van der Waals surface area contributed by atoms with Crippen molar-refractivity contribution in [3.05, 3.63) is 48.5 Å². The fourth-order valence-corrected chi connectivity index (χ4v) is 2.76. The summed E-state index contributed by atoms with van der Waals surface area (Å²) in [6, 6.07) is 17.5. The minimum Gasteiger partial charge on any atom is -0.340 e. The van der Waals surface area contributed by atoms with Crippen molar-refractivity contribution < 1.29 is 0 Å². The van der Waals surface area contributed by atoms with Crippen LogP contribution in [0.2, 0.25) is 0 Å². The lowest BCUT2D eigenvalue weighted by atomic mass is 10.2. The van der Waals surface area contributed by atoms with E-state index in [2.05, 4.69) is 53.1 Å². The van der Waals surface area contributed by atoms with Crippen LogP contribution in [0.1, 0.15) is 12.8 Å². The first-order chi connectivity index (χ1) is 8.43. The summed E-state index contributed by atoms with van der Waals surface area (Å²) < 4.78 is 2.50. The Morgan fingerprint density at radius 2 is 1.35 bits per heavy atom. The third-order valence-electron chi connectivity index (χ3n) is 3.82. The van der Waals surface area contributed by atoms with Crippen LogP contribution in [0, 0.1) is 5.92 Å². The van der Waals surface area contributed by atoms with Gasteiger partial charge in [0, 0.05) is 28.4 Å². The zero-order valence-corrected chi connectivity index (χ0v) is 9.76. The van der Waals surface area contributed by atoms with E-state index in [9.17, 15) is 0 Å². The fraction of sp³-hybridized carbons (Fsp3) is 0.250. The summed E-state index contributed by atoms with van der Waals surface area (Å²) in [6.45, 7) is 1.19. The molecular weight excluding hydrogens is 206 g/mol. The van der Waals surface area contributed by atoms with Crippen molar-refractivity contribution >= 4 is 21.8 Å². The molecule has 0 saturated heterocycles. The quantitative estimate of drug-likeness (QED) is 0.611. The summed E-state index contributed by atoms with van der Waals surface area (Å²) in [5.74, 6) is 0.911. The first kappa shape index (κ1) is 9.29. The van der Waals surface area contributed by atoms with Crippen LogP contribution in [-0.4, -0.2) is 4.57 Å². The molecule has 1 aliphatic rings. The highest BCUT2D eigenvalue weighted by Crippen LogP contribution is 2.35. The monoisotopic (exact) mass is 221 g/mol. The van der Waals surface area contributed by atoms with Gasteiger partial charge in [0.2, 0.25) is 0 Å².